The van der Waals surface area contributed by atoms with Gasteiger partial charge in [0.05, 0.1) is 0 Å². The SMILES string of the molecule is CN(C)S(=O)(=O)n1cnc(S(=O)(=O)NCc2ccccc2Cl)n1. The van der Waals surface area contributed by atoms with Crippen LogP contribution in [-0.4, -0.2) is 49.4 Å². The molecule has 0 saturated carbocycles. The molecule has 0 aliphatic rings. The Morgan fingerprint density at radius 2 is 1.87 bits per heavy atom. The van der Waals surface area contributed by atoms with Gasteiger partial charge in [-0.2, -0.15) is 12.7 Å². The van der Waals surface area contributed by atoms with Crippen LogP contribution >= 0.6 is 11.6 Å². The number of rotatable bonds is 6. The summed E-state index contributed by atoms with van der Waals surface area (Å²) in [5.41, 5.74) is 0.568. The third-order valence-electron chi connectivity index (χ3n) is 2.80. The smallest absolute Gasteiger partial charge is 0.204 e. The molecule has 1 heterocycles. The van der Waals surface area contributed by atoms with Crippen LogP contribution in [0.25, 0.3) is 0 Å². The first-order valence-electron chi connectivity index (χ1n) is 6.22. The van der Waals surface area contributed by atoms with Crippen LogP contribution in [0.4, 0.5) is 0 Å². The van der Waals surface area contributed by atoms with Crippen molar-refractivity contribution in [3.8, 4) is 0 Å². The Morgan fingerprint density at radius 3 is 2.48 bits per heavy atom. The van der Waals surface area contributed by atoms with Crippen molar-refractivity contribution in [1.82, 2.24) is 23.2 Å². The molecule has 0 fully saturated rings. The first-order valence-corrected chi connectivity index (χ1v) is 9.48. The molecule has 0 aliphatic carbocycles. The second kappa shape index (κ2) is 6.53. The zero-order valence-electron chi connectivity index (χ0n) is 12.2. The van der Waals surface area contributed by atoms with Crippen LogP contribution in [-0.2, 0) is 26.8 Å². The van der Waals surface area contributed by atoms with Crippen molar-refractivity contribution in [3.05, 3.63) is 41.2 Å². The van der Waals surface area contributed by atoms with Crippen LogP contribution in [0, 0.1) is 0 Å². The van der Waals surface area contributed by atoms with Crippen LogP contribution in [0.15, 0.2) is 35.7 Å². The predicted molar refractivity (Wildman–Crippen MR) is 83.5 cm³/mol. The molecule has 0 saturated heterocycles. The molecule has 0 atom stereocenters. The van der Waals surface area contributed by atoms with Gasteiger partial charge >= 0.3 is 10.2 Å². The molecule has 23 heavy (non-hydrogen) atoms. The monoisotopic (exact) mass is 379 g/mol. The van der Waals surface area contributed by atoms with E-state index in [1.165, 1.54) is 14.1 Å². The lowest BCUT2D eigenvalue weighted by atomic mass is 10.2. The topological polar surface area (TPSA) is 114 Å². The molecule has 9 nitrogen and oxygen atoms in total. The van der Waals surface area contributed by atoms with Crippen LogP contribution in [0.3, 0.4) is 0 Å². The van der Waals surface area contributed by atoms with Crippen molar-refractivity contribution in [1.29, 1.82) is 0 Å². The first-order chi connectivity index (χ1) is 10.6. The van der Waals surface area contributed by atoms with Crippen LogP contribution in [0.5, 0.6) is 0 Å². The van der Waals surface area contributed by atoms with Gasteiger partial charge in [-0.05, 0) is 11.6 Å². The van der Waals surface area contributed by atoms with Gasteiger partial charge in [-0.1, -0.05) is 29.8 Å². The zero-order chi connectivity index (χ0) is 17.3. The average Bonchev–Trinajstić information content (AvgIpc) is 2.97. The van der Waals surface area contributed by atoms with E-state index in [0.717, 1.165) is 10.6 Å². The maximum atomic E-state index is 12.1. The molecule has 0 aliphatic heterocycles. The Kier molecular flexibility index (Phi) is 5.06. The minimum Gasteiger partial charge on any atom is -0.204 e. The molecule has 1 aromatic heterocycles. The number of hydrogen-bond acceptors (Lipinski definition) is 6. The lowest BCUT2D eigenvalue weighted by Crippen LogP contribution is -2.30. The first kappa shape index (κ1) is 17.8. The number of nitrogens with zero attached hydrogens (tertiary/aromatic N) is 4. The molecule has 126 valence electrons. The predicted octanol–water partition coefficient (Wildman–Crippen LogP) is 0.0645. The fraction of sp³-hybridized carbons (Fsp3) is 0.273. The van der Waals surface area contributed by atoms with Gasteiger partial charge in [-0.25, -0.2) is 18.1 Å². The lowest BCUT2D eigenvalue weighted by molar-refractivity contribution is 0.502. The lowest BCUT2D eigenvalue weighted by Gasteiger charge is -2.09. The van der Waals surface area contributed by atoms with E-state index >= 15 is 0 Å². The highest BCUT2D eigenvalue weighted by atomic mass is 35.5. The summed E-state index contributed by atoms with van der Waals surface area (Å²) >= 11 is 5.94. The quantitative estimate of drug-likeness (QED) is 0.759. The summed E-state index contributed by atoms with van der Waals surface area (Å²) in [5.74, 6) is 0. The Labute approximate surface area is 139 Å². The van der Waals surface area contributed by atoms with E-state index in [-0.39, 0.29) is 6.54 Å². The Bertz CT molecular complexity index is 908. The third kappa shape index (κ3) is 3.87. The molecule has 1 N–H and O–H groups in total. The molecule has 1 aromatic carbocycles. The van der Waals surface area contributed by atoms with Crippen LogP contribution < -0.4 is 4.72 Å². The Balaban J connectivity index is 2.21. The van der Waals surface area contributed by atoms with Crippen molar-refractivity contribution in [2.75, 3.05) is 14.1 Å². The molecule has 2 aromatic rings. The van der Waals surface area contributed by atoms with Gasteiger partial charge in [0.15, 0.2) is 0 Å². The van der Waals surface area contributed by atoms with Gasteiger partial charge < -0.3 is 0 Å². The van der Waals surface area contributed by atoms with Crippen LogP contribution in [0.1, 0.15) is 5.56 Å². The summed E-state index contributed by atoms with van der Waals surface area (Å²) in [4.78, 5) is 3.53. The number of halogens is 1. The molecule has 0 spiro atoms. The molecule has 0 amide bonds. The third-order valence-corrected chi connectivity index (χ3v) is 5.93. The summed E-state index contributed by atoms with van der Waals surface area (Å²) < 4.78 is 51.6. The summed E-state index contributed by atoms with van der Waals surface area (Å²) in [6.45, 7) is -0.0724. The standard InChI is InChI=1S/C11H14ClN5O4S2/c1-16(2)23(20,21)17-8-13-11(15-17)22(18,19)14-7-9-5-3-4-6-10(9)12/h3-6,8,14H,7H2,1-2H3. The number of benzene rings is 1. The van der Waals surface area contributed by atoms with Gasteiger partial charge in [-0.3, -0.25) is 0 Å². The number of nitrogens with one attached hydrogen (secondary N) is 1. The molecular weight excluding hydrogens is 366 g/mol. The van der Waals surface area contributed by atoms with Gasteiger partial charge in [0.1, 0.15) is 6.33 Å². The largest absolute Gasteiger partial charge is 0.323 e. The van der Waals surface area contributed by atoms with Crippen molar-refractivity contribution < 1.29 is 16.8 Å². The normalized spacial score (nSPS) is 12.7. The second-order valence-electron chi connectivity index (χ2n) is 4.61. The molecule has 0 bridgehead atoms. The van der Waals surface area contributed by atoms with Gasteiger partial charge in [0.2, 0.25) is 0 Å². The summed E-state index contributed by atoms with van der Waals surface area (Å²) in [5, 5.41) is 3.26. The fourth-order valence-corrected chi connectivity index (χ4v) is 3.31. The van der Waals surface area contributed by atoms with E-state index < -0.39 is 25.4 Å². The number of aromatic nitrogens is 3. The van der Waals surface area contributed by atoms with E-state index in [2.05, 4.69) is 14.8 Å². The maximum absolute atomic E-state index is 12.1. The molecule has 0 unspecified atom stereocenters. The zero-order valence-corrected chi connectivity index (χ0v) is 14.6. The van der Waals surface area contributed by atoms with Gasteiger partial charge in [0.25, 0.3) is 15.2 Å². The second-order valence-corrected chi connectivity index (χ2v) is 8.67. The van der Waals surface area contributed by atoms with Crippen molar-refractivity contribution in [2.45, 2.75) is 11.7 Å². The van der Waals surface area contributed by atoms with E-state index in [1.807, 2.05) is 0 Å². The number of hydrogen-bond donors (Lipinski definition) is 1. The number of sulfonamides is 1. The maximum Gasteiger partial charge on any atom is 0.323 e. The summed E-state index contributed by atoms with van der Waals surface area (Å²) in [6.07, 6.45) is 0.819. The van der Waals surface area contributed by atoms with Crippen LogP contribution in [0.2, 0.25) is 5.02 Å². The highest BCUT2D eigenvalue weighted by Gasteiger charge is 2.24. The molecule has 0 radical (unpaired) electrons. The van der Waals surface area contributed by atoms with Crippen molar-refractivity contribution >= 4 is 31.8 Å². The van der Waals surface area contributed by atoms with Crippen molar-refractivity contribution in [2.24, 2.45) is 0 Å². The van der Waals surface area contributed by atoms with E-state index in [9.17, 15) is 16.8 Å². The highest BCUT2D eigenvalue weighted by Crippen LogP contribution is 2.15. The van der Waals surface area contributed by atoms with Crippen molar-refractivity contribution in [3.63, 3.8) is 0 Å². The molecule has 2 rings (SSSR count). The average molecular weight is 380 g/mol. The van der Waals surface area contributed by atoms with Gasteiger partial charge in [-0.15, -0.1) is 9.19 Å². The highest BCUT2D eigenvalue weighted by molar-refractivity contribution is 7.89. The fourth-order valence-electron chi connectivity index (χ4n) is 1.52. The molecular formula is C11H14ClN5O4S2. The van der Waals surface area contributed by atoms with E-state index in [4.69, 9.17) is 11.6 Å². The molecule has 12 heteroatoms. The Hall–Kier alpha value is -1.53. The Morgan fingerprint density at radius 1 is 1.22 bits per heavy atom. The van der Waals surface area contributed by atoms with Gasteiger partial charge in [0, 0.05) is 25.7 Å². The van der Waals surface area contributed by atoms with E-state index in [0.29, 0.717) is 14.7 Å². The summed E-state index contributed by atoms with van der Waals surface area (Å²) in [7, 11) is -5.42. The minimum absolute atomic E-state index is 0.0724. The minimum atomic E-state index is -4.08. The van der Waals surface area contributed by atoms with E-state index in [1.54, 1.807) is 24.3 Å². The summed E-state index contributed by atoms with van der Waals surface area (Å²) in [6, 6.07) is 6.72.